The van der Waals surface area contributed by atoms with E-state index in [1.54, 1.807) is 12.1 Å². The molecular weight excluding hydrogens is 214 g/mol. The van der Waals surface area contributed by atoms with Crippen LogP contribution in [0.3, 0.4) is 0 Å². The van der Waals surface area contributed by atoms with Gasteiger partial charge in [0.15, 0.2) is 0 Å². The molecule has 0 fully saturated rings. The van der Waals surface area contributed by atoms with E-state index in [1.807, 2.05) is 36.4 Å². The van der Waals surface area contributed by atoms with E-state index in [4.69, 9.17) is 5.73 Å². The van der Waals surface area contributed by atoms with E-state index in [0.717, 1.165) is 11.1 Å². The zero-order valence-corrected chi connectivity index (χ0v) is 9.51. The third-order valence-corrected chi connectivity index (χ3v) is 2.56. The Bertz CT molecular complexity index is 535. The van der Waals surface area contributed by atoms with Crippen LogP contribution in [0.15, 0.2) is 48.5 Å². The van der Waals surface area contributed by atoms with Crippen LogP contribution in [0.2, 0.25) is 0 Å². The highest BCUT2D eigenvalue weighted by Gasteiger charge is 2.10. The van der Waals surface area contributed by atoms with E-state index in [2.05, 4.69) is 4.74 Å². The Morgan fingerprint density at radius 3 is 2.35 bits per heavy atom. The van der Waals surface area contributed by atoms with Crippen LogP contribution in [0.4, 0.5) is 5.69 Å². The standard InChI is InChI=1S/C14H13NO2/c1-17-14(16)12-8-7-11(9-13(12)15)10-5-3-2-4-6-10/h2-9H,15H2,1H3. The van der Waals surface area contributed by atoms with Crippen molar-refractivity contribution in [2.24, 2.45) is 0 Å². The number of nitrogen functional groups attached to an aromatic ring is 1. The van der Waals surface area contributed by atoms with Crippen LogP contribution in [-0.2, 0) is 4.74 Å². The van der Waals surface area contributed by atoms with Crippen LogP contribution >= 0.6 is 0 Å². The van der Waals surface area contributed by atoms with Crippen LogP contribution in [0.5, 0.6) is 0 Å². The maximum atomic E-state index is 11.4. The van der Waals surface area contributed by atoms with Crippen LogP contribution in [-0.4, -0.2) is 13.1 Å². The second kappa shape index (κ2) is 4.70. The average molecular weight is 227 g/mol. The molecule has 0 bridgehead atoms. The largest absolute Gasteiger partial charge is 0.465 e. The van der Waals surface area contributed by atoms with Crippen LogP contribution in [0, 0.1) is 0 Å². The Balaban J connectivity index is 2.41. The highest BCUT2D eigenvalue weighted by Crippen LogP contribution is 2.24. The molecule has 0 aromatic heterocycles. The lowest BCUT2D eigenvalue weighted by Gasteiger charge is -2.06. The van der Waals surface area contributed by atoms with Gasteiger partial charge in [-0.05, 0) is 23.3 Å². The van der Waals surface area contributed by atoms with E-state index in [-0.39, 0.29) is 0 Å². The van der Waals surface area contributed by atoms with E-state index in [0.29, 0.717) is 11.3 Å². The summed E-state index contributed by atoms with van der Waals surface area (Å²) in [7, 11) is 1.34. The maximum absolute atomic E-state index is 11.4. The summed E-state index contributed by atoms with van der Waals surface area (Å²) >= 11 is 0. The second-order valence-corrected chi connectivity index (χ2v) is 3.66. The fourth-order valence-corrected chi connectivity index (χ4v) is 1.67. The molecule has 0 aliphatic rings. The molecule has 0 aliphatic heterocycles. The van der Waals surface area contributed by atoms with Crippen molar-refractivity contribution in [2.45, 2.75) is 0 Å². The number of carbonyl (C=O) groups excluding carboxylic acids is 1. The first-order valence-electron chi connectivity index (χ1n) is 5.25. The minimum absolute atomic E-state index is 0.396. The summed E-state index contributed by atoms with van der Waals surface area (Å²) in [4.78, 5) is 11.4. The first-order chi connectivity index (χ1) is 8.22. The third-order valence-electron chi connectivity index (χ3n) is 2.56. The number of benzene rings is 2. The molecule has 2 N–H and O–H groups in total. The molecule has 3 heteroatoms. The lowest BCUT2D eigenvalue weighted by Crippen LogP contribution is -2.05. The lowest BCUT2D eigenvalue weighted by atomic mass is 10.0. The molecule has 3 nitrogen and oxygen atoms in total. The zero-order chi connectivity index (χ0) is 12.3. The summed E-state index contributed by atoms with van der Waals surface area (Å²) in [5.74, 6) is -0.415. The topological polar surface area (TPSA) is 52.3 Å². The normalized spacial score (nSPS) is 9.94. The van der Waals surface area contributed by atoms with Gasteiger partial charge in [-0.2, -0.15) is 0 Å². The van der Waals surface area contributed by atoms with Crippen LogP contribution in [0.1, 0.15) is 10.4 Å². The van der Waals surface area contributed by atoms with E-state index in [1.165, 1.54) is 7.11 Å². The zero-order valence-electron chi connectivity index (χ0n) is 9.51. The Kier molecular flexibility index (Phi) is 3.10. The molecule has 0 radical (unpaired) electrons. The van der Waals surface area contributed by atoms with Gasteiger partial charge in [0, 0.05) is 5.69 Å². The number of anilines is 1. The lowest BCUT2D eigenvalue weighted by molar-refractivity contribution is 0.0602. The smallest absolute Gasteiger partial charge is 0.339 e. The number of rotatable bonds is 2. The molecule has 2 rings (SSSR count). The van der Waals surface area contributed by atoms with Gasteiger partial charge in [0.2, 0.25) is 0 Å². The fourth-order valence-electron chi connectivity index (χ4n) is 1.67. The predicted octanol–water partition coefficient (Wildman–Crippen LogP) is 2.72. The summed E-state index contributed by atoms with van der Waals surface area (Å²) < 4.78 is 4.64. The highest BCUT2D eigenvalue weighted by atomic mass is 16.5. The first-order valence-corrected chi connectivity index (χ1v) is 5.25. The Labute approximate surface area is 99.8 Å². The highest BCUT2D eigenvalue weighted by molar-refractivity contribution is 5.96. The fraction of sp³-hybridized carbons (Fsp3) is 0.0714. The van der Waals surface area contributed by atoms with Gasteiger partial charge in [-0.1, -0.05) is 36.4 Å². The number of methoxy groups -OCH3 is 1. The number of esters is 1. The quantitative estimate of drug-likeness (QED) is 0.634. The number of hydrogen-bond acceptors (Lipinski definition) is 3. The Morgan fingerprint density at radius 1 is 1.06 bits per heavy atom. The summed E-state index contributed by atoms with van der Waals surface area (Å²) in [6, 6.07) is 15.2. The second-order valence-electron chi connectivity index (χ2n) is 3.66. The molecule has 17 heavy (non-hydrogen) atoms. The van der Waals surface area contributed by atoms with Crippen LogP contribution < -0.4 is 5.73 Å². The molecular formula is C14H13NO2. The van der Waals surface area contributed by atoms with Crippen molar-refractivity contribution in [1.29, 1.82) is 0 Å². The molecule has 2 aromatic rings. The van der Waals surface area contributed by atoms with Crippen LogP contribution in [0.25, 0.3) is 11.1 Å². The Hall–Kier alpha value is -2.29. The molecule has 0 saturated heterocycles. The summed E-state index contributed by atoms with van der Waals surface area (Å²) in [6.45, 7) is 0. The van der Waals surface area contributed by atoms with Crippen molar-refractivity contribution in [3.05, 3.63) is 54.1 Å². The molecule has 0 saturated carbocycles. The number of ether oxygens (including phenoxy) is 1. The maximum Gasteiger partial charge on any atom is 0.339 e. The minimum atomic E-state index is -0.415. The van der Waals surface area contributed by atoms with Gasteiger partial charge in [-0.25, -0.2) is 4.79 Å². The molecule has 0 atom stereocenters. The number of carbonyl (C=O) groups is 1. The molecule has 0 unspecified atom stereocenters. The molecule has 0 heterocycles. The first kappa shape index (κ1) is 11.2. The van der Waals surface area contributed by atoms with Crippen molar-refractivity contribution >= 4 is 11.7 Å². The number of nitrogens with two attached hydrogens (primary N) is 1. The monoisotopic (exact) mass is 227 g/mol. The number of hydrogen-bond donors (Lipinski definition) is 1. The average Bonchev–Trinajstić information content (AvgIpc) is 2.39. The molecule has 0 aliphatic carbocycles. The van der Waals surface area contributed by atoms with Crippen molar-refractivity contribution in [2.75, 3.05) is 12.8 Å². The SMILES string of the molecule is COC(=O)c1ccc(-c2ccccc2)cc1N. The van der Waals surface area contributed by atoms with E-state index < -0.39 is 5.97 Å². The van der Waals surface area contributed by atoms with E-state index >= 15 is 0 Å². The van der Waals surface area contributed by atoms with Gasteiger partial charge < -0.3 is 10.5 Å². The van der Waals surface area contributed by atoms with Crippen molar-refractivity contribution in [3.63, 3.8) is 0 Å². The van der Waals surface area contributed by atoms with Gasteiger partial charge in [0.25, 0.3) is 0 Å². The molecule has 0 amide bonds. The molecule has 86 valence electrons. The van der Waals surface area contributed by atoms with Gasteiger partial charge in [-0.3, -0.25) is 0 Å². The summed E-state index contributed by atoms with van der Waals surface area (Å²) in [5, 5.41) is 0. The minimum Gasteiger partial charge on any atom is -0.465 e. The summed E-state index contributed by atoms with van der Waals surface area (Å²) in [6.07, 6.45) is 0. The van der Waals surface area contributed by atoms with Crippen molar-refractivity contribution in [1.82, 2.24) is 0 Å². The molecule has 2 aromatic carbocycles. The predicted molar refractivity (Wildman–Crippen MR) is 67.6 cm³/mol. The molecule has 0 spiro atoms. The summed E-state index contributed by atoms with van der Waals surface area (Å²) in [5.41, 5.74) is 8.71. The van der Waals surface area contributed by atoms with Crippen molar-refractivity contribution in [3.8, 4) is 11.1 Å². The van der Waals surface area contributed by atoms with Gasteiger partial charge >= 0.3 is 5.97 Å². The van der Waals surface area contributed by atoms with Gasteiger partial charge in [0.05, 0.1) is 12.7 Å². The Morgan fingerprint density at radius 2 is 1.76 bits per heavy atom. The van der Waals surface area contributed by atoms with Crippen molar-refractivity contribution < 1.29 is 9.53 Å². The van der Waals surface area contributed by atoms with E-state index in [9.17, 15) is 4.79 Å². The third kappa shape index (κ3) is 2.28. The van der Waals surface area contributed by atoms with Gasteiger partial charge in [0.1, 0.15) is 0 Å². The van der Waals surface area contributed by atoms with Gasteiger partial charge in [-0.15, -0.1) is 0 Å².